The number of halogens is 1. The van der Waals surface area contributed by atoms with Gasteiger partial charge in [0, 0.05) is 0 Å². The van der Waals surface area contributed by atoms with Gasteiger partial charge in [-0.15, -0.1) is 0 Å². The van der Waals surface area contributed by atoms with Gasteiger partial charge in [-0.1, -0.05) is 24.6 Å². The quantitative estimate of drug-likeness (QED) is 0.804. The van der Waals surface area contributed by atoms with Crippen LogP contribution in [0.2, 0.25) is 5.02 Å². The fraction of sp³-hybridized carbons (Fsp3) is 0.333. The first-order valence-electron chi connectivity index (χ1n) is 4.44. The molecule has 0 aliphatic heterocycles. The van der Waals surface area contributed by atoms with E-state index in [0.717, 1.165) is 0 Å². The Morgan fingerprint density at radius 1 is 1.47 bits per heavy atom. The number of para-hydroxylation sites is 1. The van der Waals surface area contributed by atoms with E-state index in [2.05, 4.69) is 4.72 Å². The molecule has 0 radical (unpaired) electrons. The number of hydrogen-bond acceptors (Lipinski definition) is 3. The van der Waals surface area contributed by atoms with Crippen molar-refractivity contribution in [3.05, 3.63) is 23.2 Å². The van der Waals surface area contributed by atoms with Crippen LogP contribution in [-0.4, -0.2) is 19.3 Å². The summed E-state index contributed by atoms with van der Waals surface area (Å²) in [5.41, 5.74) is 0.107. The zero-order valence-electron chi connectivity index (χ0n) is 8.20. The Morgan fingerprint density at radius 2 is 2.13 bits per heavy atom. The first-order chi connectivity index (χ1) is 6.96. The molecule has 0 bridgehead atoms. The second kappa shape index (κ2) is 4.72. The molecule has 2 N–H and O–H groups in total. The minimum Gasteiger partial charge on any atom is -0.504 e. The maximum Gasteiger partial charge on any atom is 0.232 e. The van der Waals surface area contributed by atoms with E-state index in [1.807, 2.05) is 0 Å². The summed E-state index contributed by atoms with van der Waals surface area (Å²) in [6.45, 7) is 1.76. The van der Waals surface area contributed by atoms with E-state index >= 15 is 0 Å². The highest BCUT2D eigenvalue weighted by Crippen LogP contribution is 2.31. The van der Waals surface area contributed by atoms with E-state index in [0.29, 0.717) is 6.42 Å². The number of aromatic hydroxyl groups is 1. The Hall–Kier alpha value is -0.940. The Bertz CT molecular complexity index is 445. The van der Waals surface area contributed by atoms with E-state index in [-0.39, 0.29) is 22.2 Å². The van der Waals surface area contributed by atoms with Crippen LogP contribution in [-0.2, 0) is 10.0 Å². The average Bonchev–Trinajstić information content (AvgIpc) is 2.12. The third-order valence-corrected chi connectivity index (χ3v) is 3.51. The van der Waals surface area contributed by atoms with Crippen LogP contribution in [0.15, 0.2) is 18.2 Å². The molecule has 4 nitrogen and oxygen atoms in total. The van der Waals surface area contributed by atoms with Crippen LogP contribution in [0.5, 0.6) is 5.75 Å². The van der Waals surface area contributed by atoms with E-state index in [9.17, 15) is 13.5 Å². The molecule has 0 aliphatic rings. The highest BCUT2D eigenvalue weighted by atomic mass is 35.5. The number of phenols is 1. The molecule has 0 heterocycles. The number of benzene rings is 1. The van der Waals surface area contributed by atoms with Gasteiger partial charge in [-0.2, -0.15) is 0 Å². The fourth-order valence-electron chi connectivity index (χ4n) is 1.08. The Balaban J connectivity index is 2.95. The topological polar surface area (TPSA) is 66.4 Å². The molecular weight excluding hydrogens is 238 g/mol. The van der Waals surface area contributed by atoms with Crippen molar-refractivity contribution in [2.75, 3.05) is 10.5 Å². The van der Waals surface area contributed by atoms with Crippen LogP contribution in [0, 0.1) is 0 Å². The summed E-state index contributed by atoms with van der Waals surface area (Å²) < 4.78 is 25.1. The summed E-state index contributed by atoms with van der Waals surface area (Å²) in [6.07, 6.45) is 0.511. The van der Waals surface area contributed by atoms with Crippen molar-refractivity contribution < 1.29 is 13.5 Å². The highest BCUT2D eigenvalue weighted by molar-refractivity contribution is 7.92. The lowest BCUT2D eigenvalue weighted by Crippen LogP contribution is -2.16. The molecule has 0 aliphatic carbocycles. The number of anilines is 1. The lowest BCUT2D eigenvalue weighted by Gasteiger charge is -2.09. The molecule has 0 fully saturated rings. The van der Waals surface area contributed by atoms with Crippen LogP contribution in [0.3, 0.4) is 0 Å². The molecule has 0 saturated heterocycles. The lowest BCUT2D eigenvalue weighted by atomic mass is 10.3. The summed E-state index contributed by atoms with van der Waals surface area (Å²) in [4.78, 5) is 0. The van der Waals surface area contributed by atoms with Crippen molar-refractivity contribution >= 4 is 27.3 Å². The summed E-state index contributed by atoms with van der Waals surface area (Å²) in [7, 11) is -3.39. The highest BCUT2D eigenvalue weighted by Gasteiger charge is 2.12. The van der Waals surface area contributed by atoms with Gasteiger partial charge >= 0.3 is 0 Å². The Kier molecular flexibility index (Phi) is 3.82. The Morgan fingerprint density at radius 3 is 2.73 bits per heavy atom. The van der Waals surface area contributed by atoms with Gasteiger partial charge in [-0.25, -0.2) is 8.42 Å². The standard InChI is InChI=1S/C9H12ClNO3S/c1-2-6-15(13,14)11-8-5-3-4-7(10)9(8)12/h3-5,11-12H,2,6H2,1H3. The second-order valence-corrected chi connectivity index (χ2v) is 5.31. The summed E-state index contributed by atoms with van der Waals surface area (Å²) >= 11 is 5.63. The maximum atomic E-state index is 11.4. The van der Waals surface area contributed by atoms with Crippen molar-refractivity contribution in [3.8, 4) is 5.75 Å². The maximum absolute atomic E-state index is 11.4. The van der Waals surface area contributed by atoms with Gasteiger partial charge in [0.25, 0.3) is 0 Å². The van der Waals surface area contributed by atoms with Gasteiger partial charge in [0.05, 0.1) is 16.5 Å². The monoisotopic (exact) mass is 249 g/mol. The predicted molar refractivity (Wildman–Crippen MR) is 60.8 cm³/mol. The Labute approximate surface area is 93.9 Å². The number of sulfonamides is 1. The summed E-state index contributed by atoms with van der Waals surface area (Å²) in [5.74, 6) is -0.238. The molecule has 0 atom stereocenters. The van der Waals surface area contributed by atoms with Gasteiger partial charge in [0.2, 0.25) is 10.0 Å². The zero-order valence-corrected chi connectivity index (χ0v) is 9.77. The normalized spacial score (nSPS) is 11.3. The smallest absolute Gasteiger partial charge is 0.232 e. The molecule has 1 rings (SSSR count). The van der Waals surface area contributed by atoms with Crippen LogP contribution < -0.4 is 4.72 Å². The first kappa shape index (κ1) is 12.1. The van der Waals surface area contributed by atoms with Crippen LogP contribution in [0.1, 0.15) is 13.3 Å². The minimum absolute atomic E-state index is 0.0129. The van der Waals surface area contributed by atoms with Crippen molar-refractivity contribution in [2.24, 2.45) is 0 Å². The molecule has 15 heavy (non-hydrogen) atoms. The lowest BCUT2D eigenvalue weighted by molar-refractivity contribution is 0.478. The van der Waals surface area contributed by atoms with Crippen LogP contribution in [0.4, 0.5) is 5.69 Å². The van der Waals surface area contributed by atoms with E-state index in [1.54, 1.807) is 13.0 Å². The van der Waals surface area contributed by atoms with Gasteiger partial charge < -0.3 is 5.11 Å². The number of rotatable bonds is 4. The van der Waals surface area contributed by atoms with Crippen molar-refractivity contribution in [2.45, 2.75) is 13.3 Å². The fourth-order valence-corrected chi connectivity index (χ4v) is 2.40. The first-order valence-corrected chi connectivity index (χ1v) is 6.47. The van der Waals surface area contributed by atoms with E-state index < -0.39 is 10.0 Å². The van der Waals surface area contributed by atoms with Crippen molar-refractivity contribution in [1.82, 2.24) is 0 Å². The third kappa shape index (κ3) is 3.28. The zero-order chi connectivity index (χ0) is 11.5. The molecule has 0 amide bonds. The van der Waals surface area contributed by atoms with Gasteiger partial charge in [0.15, 0.2) is 5.75 Å². The molecule has 0 aromatic heterocycles. The van der Waals surface area contributed by atoms with Crippen molar-refractivity contribution in [1.29, 1.82) is 0 Å². The summed E-state index contributed by atoms with van der Waals surface area (Å²) in [6, 6.07) is 4.49. The van der Waals surface area contributed by atoms with Gasteiger partial charge in [-0.05, 0) is 18.6 Å². The number of hydrogen-bond donors (Lipinski definition) is 2. The largest absolute Gasteiger partial charge is 0.504 e. The van der Waals surface area contributed by atoms with Gasteiger partial charge in [0.1, 0.15) is 0 Å². The minimum atomic E-state index is -3.39. The second-order valence-electron chi connectivity index (χ2n) is 3.06. The molecule has 6 heteroatoms. The van der Waals surface area contributed by atoms with E-state index in [1.165, 1.54) is 12.1 Å². The molecule has 0 spiro atoms. The molecular formula is C9H12ClNO3S. The SMILES string of the molecule is CCCS(=O)(=O)Nc1cccc(Cl)c1O. The average molecular weight is 250 g/mol. The molecule has 84 valence electrons. The molecule has 1 aromatic carbocycles. The molecule has 0 unspecified atom stereocenters. The molecule has 1 aromatic rings. The van der Waals surface area contributed by atoms with Crippen molar-refractivity contribution in [3.63, 3.8) is 0 Å². The third-order valence-electron chi connectivity index (χ3n) is 1.73. The van der Waals surface area contributed by atoms with E-state index in [4.69, 9.17) is 11.6 Å². The van der Waals surface area contributed by atoms with Crippen LogP contribution >= 0.6 is 11.6 Å². The predicted octanol–water partition coefficient (Wildman–Crippen LogP) is 2.20. The number of phenolic OH excluding ortho intramolecular Hbond substituents is 1. The van der Waals surface area contributed by atoms with Crippen LogP contribution in [0.25, 0.3) is 0 Å². The summed E-state index contributed by atoms with van der Waals surface area (Å²) in [5, 5.41) is 9.59. The number of nitrogens with one attached hydrogen (secondary N) is 1. The van der Waals surface area contributed by atoms with Gasteiger partial charge in [-0.3, -0.25) is 4.72 Å². The molecule has 0 saturated carbocycles.